The van der Waals surface area contributed by atoms with Gasteiger partial charge >= 0.3 is 0 Å². The van der Waals surface area contributed by atoms with Crippen LogP contribution in [0.1, 0.15) is 32.3 Å². The number of carbonyl (C=O) groups excluding carboxylic acids is 1. The molecular weight excluding hydrogens is 248 g/mol. The lowest BCUT2D eigenvalue weighted by Crippen LogP contribution is -2.34. The maximum atomic E-state index is 12.2. The van der Waals surface area contributed by atoms with Crippen LogP contribution in [-0.2, 0) is 4.79 Å². The lowest BCUT2D eigenvalue weighted by Gasteiger charge is -2.23. The highest BCUT2D eigenvalue weighted by Crippen LogP contribution is 2.31. The highest BCUT2D eigenvalue weighted by molar-refractivity contribution is 6.34. The van der Waals surface area contributed by atoms with Crippen LogP contribution in [-0.4, -0.2) is 5.91 Å². The highest BCUT2D eigenvalue weighted by atomic mass is 35.5. The number of anilines is 1. The Labute approximate surface area is 113 Å². The smallest absolute Gasteiger partial charge is 0.244 e. The molecule has 0 aromatic heterocycles. The topological polar surface area (TPSA) is 52.9 Å². The lowest BCUT2D eigenvalue weighted by atomic mass is 9.83. The summed E-state index contributed by atoms with van der Waals surface area (Å²) >= 11 is 6.06. The van der Waals surface area contributed by atoms with E-state index in [-0.39, 0.29) is 5.91 Å². The van der Waals surface area contributed by atoms with Crippen molar-refractivity contribution >= 4 is 23.2 Å². The molecule has 0 unspecified atom stereocenters. The summed E-state index contributed by atoms with van der Waals surface area (Å²) in [5, 5.41) is 12.5. The van der Waals surface area contributed by atoms with E-state index in [0.717, 1.165) is 5.56 Å². The molecule has 4 heteroatoms. The molecule has 1 aromatic rings. The number of hydrogen-bond acceptors (Lipinski definition) is 2. The predicted octanol–water partition coefficient (Wildman–Crippen LogP) is 3.92. The molecule has 0 saturated carbocycles. The van der Waals surface area contributed by atoms with Gasteiger partial charge in [0.2, 0.25) is 5.91 Å². The molecule has 0 saturated heterocycles. The molecule has 0 atom stereocenters. The van der Waals surface area contributed by atoms with E-state index in [1.807, 2.05) is 32.9 Å². The average Bonchev–Trinajstić information content (AvgIpc) is 2.37. The predicted molar refractivity (Wildman–Crippen MR) is 73.4 cm³/mol. The fourth-order valence-electron chi connectivity index (χ4n) is 1.80. The minimum absolute atomic E-state index is 0.286. The van der Waals surface area contributed by atoms with Crippen LogP contribution < -0.4 is 5.32 Å². The molecule has 0 aliphatic rings. The molecule has 1 amide bonds. The molecule has 0 fully saturated rings. The molecular formula is C14H17ClN2O. The second-order valence-corrected chi connectivity index (χ2v) is 4.69. The second-order valence-electron chi connectivity index (χ2n) is 4.29. The van der Waals surface area contributed by atoms with E-state index in [4.69, 9.17) is 11.6 Å². The number of nitrogens with zero attached hydrogens (tertiary/aromatic N) is 1. The maximum Gasteiger partial charge on any atom is 0.244 e. The van der Waals surface area contributed by atoms with E-state index in [9.17, 15) is 10.1 Å². The Bertz CT molecular complexity index is 467. The molecule has 18 heavy (non-hydrogen) atoms. The van der Waals surface area contributed by atoms with Crippen molar-refractivity contribution in [3.63, 3.8) is 0 Å². The van der Waals surface area contributed by atoms with E-state index in [0.29, 0.717) is 23.6 Å². The third-order valence-electron chi connectivity index (χ3n) is 3.32. The average molecular weight is 265 g/mol. The maximum absolute atomic E-state index is 12.2. The number of nitrogens with one attached hydrogen (secondary N) is 1. The Hall–Kier alpha value is -1.53. The Morgan fingerprint density at radius 1 is 1.44 bits per heavy atom. The second kappa shape index (κ2) is 5.88. The SMILES string of the molecule is CCC(C#N)(CC)C(=O)Nc1c(C)cccc1Cl. The van der Waals surface area contributed by atoms with Crippen LogP contribution in [0.25, 0.3) is 0 Å². The quantitative estimate of drug-likeness (QED) is 0.896. The number of amides is 1. The first-order chi connectivity index (χ1) is 8.50. The van der Waals surface area contributed by atoms with Crippen molar-refractivity contribution in [1.82, 2.24) is 0 Å². The minimum atomic E-state index is -0.981. The molecule has 0 bridgehead atoms. The summed E-state index contributed by atoms with van der Waals surface area (Å²) in [5.74, 6) is -0.286. The van der Waals surface area contributed by atoms with Gasteiger partial charge in [0.15, 0.2) is 0 Å². The van der Waals surface area contributed by atoms with Gasteiger partial charge in [-0.1, -0.05) is 37.6 Å². The summed E-state index contributed by atoms with van der Waals surface area (Å²) in [6.45, 7) is 5.55. The van der Waals surface area contributed by atoms with Gasteiger partial charge in [-0.05, 0) is 31.4 Å². The highest BCUT2D eigenvalue weighted by Gasteiger charge is 2.35. The summed E-state index contributed by atoms with van der Waals surface area (Å²) < 4.78 is 0. The van der Waals surface area contributed by atoms with Crippen LogP contribution in [0.2, 0.25) is 5.02 Å². The Balaban J connectivity index is 3.05. The van der Waals surface area contributed by atoms with Gasteiger partial charge in [-0.2, -0.15) is 5.26 Å². The van der Waals surface area contributed by atoms with E-state index < -0.39 is 5.41 Å². The zero-order valence-corrected chi connectivity index (χ0v) is 11.6. The van der Waals surface area contributed by atoms with Gasteiger partial charge in [-0.15, -0.1) is 0 Å². The van der Waals surface area contributed by atoms with Gasteiger partial charge in [0.1, 0.15) is 5.41 Å². The molecule has 1 N–H and O–H groups in total. The van der Waals surface area contributed by atoms with Crippen LogP contribution in [0.4, 0.5) is 5.69 Å². The normalized spacial score (nSPS) is 10.8. The molecule has 0 radical (unpaired) electrons. The number of aryl methyl sites for hydroxylation is 1. The zero-order valence-electron chi connectivity index (χ0n) is 10.9. The Morgan fingerprint density at radius 3 is 2.50 bits per heavy atom. The zero-order chi connectivity index (χ0) is 13.8. The monoisotopic (exact) mass is 264 g/mol. The number of para-hydroxylation sites is 1. The molecule has 0 aliphatic carbocycles. The Morgan fingerprint density at radius 2 is 2.06 bits per heavy atom. The molecule has 1 aromatic carbocycles. The lowest BCUT2D eigenvalue weighted by molar-refractivity contribution is -0.123. The van der Waals surface area contributed by atoms with E-state index in [2.05, 4.69) is 11.4 Å². The number of hydrogen-bond donors (Lipinski definition) is 1. The minimum Gasteiger partial charge on any atom is -0.323 e. The largest absolute Gasteiger partial charge is 0.323 e. The van der Waals surface area contributed by atoms with Gasteiger partial charge in [0.25, 0.3) is 0 Å². The van der Waals surface area contributed by atoms with E-state index in [1.165, 1.54) is 0 Å². The van der Waals surface area contributed by atoms with E-state index in [1.54, 1.807) is 6.07 Å². The number of halogens is 1. The Kier molecular flexibility index (Phi) is 4.75. The molecule has 3 nitrogen and oxygen atoms in total. The van der Waals surface area contributed by atoms with Crippen LogP contribution in [0.3, 0.4) is 0 Å². The van der Waals surface area contributed by atoms with E-state index >= 15 is 0 Å². The molecule has 96 valence electrons. The van der Waals surface area contributed by atoms with Gasteiger partial charge in [-0.3, -0.25) is 4.79 Å². The summed E-state index contributed by atoms with van der Waals surface area (Å²) in [6.07, 6.45) is 0.963. The fourth-order valence-corrected chi connectivity index (χ4v) is 2.07. The van der Waals surface area contributed by atoms with Crippen molar-refractivity contribution in [3.05, 3.63) is 28.8 Å². The summed E-state index contributed by atoms with van der Waals surface area (Å²) in [7, 11) is 0. The van der Waals surface area contributed by atoms with Crippen LogP contribution >= 0.6 is 11.6 Å². The number of nitriles is 1. The molecule has 0 aliphatic heterocycles. The van der Waals surface area contributed by atoms with Crippen molar-refractivity contribution in [2.24, 2.45) is 5.41 Å². The molecule has 0 heterocycles. The summed E-state index contributed by atoms with van der Waals surface area (Å²) in [5.41, 5.74) is 0.492. The van der Waals surface area contributed by atoms with Gasteiger partial charge in [-0.25, -0.2) is 0 Å². The van der Waals surface area contributed by atoms with Crippen molar-refractivity contribution in [2.45, 2.75) is 33.6 Å². The first-order valence-corrected chi connectivity index (χ1v) is 6.36. The standard InChI is InChI=1S/C14H17ClN2O/c1-4-14(5-2,9-16)13(18)17-12-10(3)7-6-8-11(12)15/h6-8H,4-5H2,1-3H3,(H,17,18). The van der Waals surface area contributed by atoms with Crippen LogP contribution in [0.5, 0.6) is 0 Å². The first kappa shape index (κ1) is 14.5. The number of carbonyl (C=O) groups is 1. The van der Waals surface area contributed by atoms with Crippen LogP contribution in [0.15, 0.2) is 18.2 Å². The first-order valence-electron chi connectivity index (χ1n) is 5.98. The summed E-state index contributed by atoms with van der Waals surface area (Å²) in [6, 6.07) is 7.53. The van der Waals surface area contributed by atoms with Crippen molar-refractivity contribution in [1.29, 1.82) is 5.26 Å². The fraction of sp³-hybridized carbons (Fsp3) is 0.429. The van der Waals surface area contributed by atoms with Crippen molar-refractivity contribution < 1.29 is 4.79 Å². The number of rotatable bonds is 4. The third kappa shape index (κ3) is 2.65. The van der Waals surface area contributed by atoms with Crippen molar-refractivity contribution in [3.8, 4) is 6.07 Å². The van der Waals surface area contributed by atoms with Crippen LogP contribution in [0, 0.1) is 23.7 Å². The third-order valence-corrected chi connectivity index (χ3v) is 3.63. The molecule has 1 rings (SSSR count). The number of benzene rings is 1. The summed E-state index contributed by atoms with van der Waals surface area (Å²) in [4.78, 5) is 12.2. The van der Waals surface area contributed by atoms with Gasteiger partial charge in [0, 0.05) is 0 Å². The van der Waals surface area contributed by atoms with Gasteiger partial charge < -0.3 is 5.32 Å². The molecule has 0 spiro atoms. The van der Waals surface area contributed by atoms with Gasteiger partial charge in [0.05, 0.1) is 16.8 Å². The van der Waals surface area contributed by atoms with Crippen molar-refractivity contribution in [2.75, 3.05) is 5.32 Å².